The Morgan fingerprint density at radius 3 is 3.27 bits per heavy atom. The highest BCUT2D eigenvalue weighted by atomic mass is 32.2. The van der Waals surface area contributed by atoms with Crippen molar-refractivity contribution in [3.63, 3.8) is 0 Å². The van der Waals surface area contributed by atoms with Crippen molar-refractivity contribution >= 4 is 16.9 Å². The maximum Gasteiger partial charge on any atom is 0.157 e. The van der Waals surface area contributed by atoms with Crippen LogP contribution in [-0.4, -0.2) is 26.7 Å². The molecule has 0 aromatic carbocycles. The third-order valence-electron chi connectivity index (χ3n) is 2.31. The van der Waals surface area contributed by atoms with Crippen molar-refractivity contribution in [3.05, 3.63) is 18.0 Å². The van der Waals surface area contributed by atoms with Crippen molar-refractivity contribution in [1.29, 1.82) is 0 Å². The zero-order valence-corrected chi connectivity index (χ0v) is 9.92. The van der Waals surface area contributed by atoms with Crippen molar-refractivity contribution < 1.29 is 0 Å². The maximum absolute atomic E-state index is 4.51. The molecule has 1 aliphatic rings. The lowest BCUT2D eigenvalue weighted by Crippen LogP contribution is -2.35. The minimum atomic E-state index is 0.550. The van der Waals surface area contributed by atoms with Gasteiger partial charge in [-0.15, -0.1) is 0 Å². The van der Waals surface area contributed by atoms with E-state index in [0.29, 0.717) is 12.6 Å². The van der Waals surface area contributed by atoms with E-state index in [4.69, 9.17) is 0 Å². The zero-order chi connectivity index (χ0) is 10.7. The van der Waals surface area contributed by atoms with Gasteiger partial charge in [-0.05, 0) is 19.4 Å². The number of amidine groups is 1. The number of nitrogens with zero attached hydrogens (tertiary/aromatic N) is 3. The molecule has 1 N–H and O–H groups in total. The lowest BCUT2D eigenvalue weighted by molar-refractivity contribution is 0.641. The quantitative estimate of drug-likeness (QED) is 0.825. The molecule has 82 valence electrons. The Hall–Kier alpha value is -0.970. The highest BCUT2D eigenvalue weighted by molar-refractivity contribution is 8.13. The number of aryl methyl sites for hydroxylation is 1. The molecule has 1 unspecified atom stereocenters. The van der Waals surface area contributed by atoms with Crippen LogP contribution >= 0.6 is 11.8 Å². The van der Waals surface area contributed by atoms with Gasteiger partial charge in [0.1, 0.15) is 0 Å². The Kier molecular flexibility index (Phi) is 3.30. The average molecular weight is 224 g/mol. The van der Waals surface area contributed by atoms with Crippen molar-refractivity contribution in [2.45, 2.75) is 25.9 Å². The third kappa shape index (κ3) is 2.99. The molecule has 0 spiro atoms. The van der Waals surface area contributed by atoms with E-state index < -0.39 is 0 Å². The molecule has 2 rings (SSSR count). The molecule has 1 aromatic rings. The molecule has 1 atom stereocenters. The number of hydrogen-bond donors (Lipinski definition) is 1. The summed E-state index contributed by atoms with van der Waals surface area (Å²) in [6.07, 6.45) is 3.16. The minimum absolute atomic E-state index is 0.550. The molecule has 1 fully saturated rings. The van der Waals surface area contributed by atoms with Crippen LogP contribution in [-0.2, 0) is 13.6 Å². The van der Waals surface area contributed by atoms with Crippen LogP contribution in [0.3, 0.4) is 0 Å². The van der Waals surface area contributed by atoms with E-state index in [-0.39, 0.29) is 0 Å². The first-order chi connectivity index (χ1) is 7.24. The molecule has 1 aromatic heterocycles. The fourth-order valence-electron chi connectivity index (χ4n) is 1.45. The molecule has 0 aliphatic carbocycles. The van der Waals surface area contributed by atoms with E-state index in [1.165, 1.54) is 6.42 Å². The monoisotopic (exact) mass is 224 g/mol. The van der Waals surface area contributed by atoms with Gasteiger partial charge >= 0.3 is 0 Å². The molecule has 0 saturated carbocycles. The predicted molar refractivity (Wildman–Crippen MR) is 64.0 cm³/mol. The maximum atomic E-state index is 4.51. The third-order valence-corrected chi connectivity index (χ3v) is 3.27. The lowest BCUT2D eigenvalue weighted by Gasteiger charge is -2.21. The topological polar surface area (TPSA) is 42.2 Å². The molecule has 5 heteroatoms. The molecule has 2 heterocycles. The van der Waals surface area contributed by atoms with Crippen LogP contribution in [0.15, 0.2) is 17.3 Å². The molecule has 15 heavy (non-hydrogen) atoms. The van der Waals surface area contributed by atoms with Gasteiger partial charge in [0.25, 0.3) is 0 Å². The van der Waals surface area contributed by atoms with Crippen LogP contribution in [0, 0.1) is 0 Å². The number of rotatable bonds is 2. The Bertz CT molecular complexity index is 358. The fourth-order valence-corrected chi connectivity index (χ4v) is 2.55. The summed E-state index contributed by atoms with van der Waals surface area (Å²) in [6.45, 7) is 2.86. The number of aromatic nitrogens is 2. The fraction of sp³-hybridized carbons (Fsp3) is 0.600. The second kappa shape index (κ2) is 4.70. The van der Waals surface area contributed by atoms with Crippen LogP contribution in [0.25, 0.3) is 0 Å². The van der Waals surface area contributed by atoms with Crippen LogP contribution < -0.4 is 5.32 Å². The molecule has 1 aliphatic heterocycles. The molecular weight excluding hydrogens is 208 g/mol. The van der Waals surface area contributed by atoms with E-state index in [0.717, 1.165) is 16.6 Å². The van der Waals surface area contributed by atoms with Crippen molar-refractivity contribution in [2.75, 3.05) is 5.75 Å². The van der Waals surface area contributed by atoms with E-state index in [9.17, 15) is 0 Å². The van der Waals surface area contributed by atoms with Crippen molar-refractivity contribution in [1.82, 2.24) is 15.1 Å². The van der Waals surface area contributed by atoms with E-state index >= 15 is 0 Å². The Morgan fingerprint density at radius 2 is 2.60 bits per heavy atom. The van der Waals surface area contributed by atoms with Crippen LogP contribution in [0.1, 0.15) is 19.0 Å². The average Bonchev–Trinajstić information content (AvgIpc) is 2.62. The number of thioether (sulfide) groups is 1. The summed E-state index contributed by atoms with van der Waals surface area (Å²) in [5.41, 5.74) is 1.02. The van der Waals surface area contributed by atoms with Gasteiger partial charge in [0, 0.05) is 25.0 Å². The lowest BCUT2D eigenvalue weighted by atomic mass is 10.3. The normalized spacial score (nSPS) is 24.1. The predicted octanol–water partition coefficient (Wildman–Crippen LogP) is 1.39. The Balaban J connectivity index is 1.93. The van der Waals surface area contributed by atoms with Crippen LogP contribution in [0.5, 0.6) is 0 Å². The number of nitrogens with one attached hydrogen (secondary N) is 1. The smallest absolute Gasteiger partial charge is 0.157 e. The largest absolute Gasteiger partial charge is 0.362 e. The summed E-state index contributed by atoms with van der Waals surface area (Å²) < 4.78 is 1.81. The Labute approximate surface area is 94.2 Å². The van der Waals surface area contributed by atoms with Gasteiger partial charge in [-0.2, -0.15) is 5.10 Å². The summed E-state index contributed by atoms with van der Waals surface area (Å²) in [5, 5.41) is 8.71. The summed E-state index contributed by atoms with van der Waals surface area (Å²) in [6, 6.07) is 2.55. The van der Waals surface area contributed by atoms with Crippen LogP contribution in [0.4, 0.5) is 0 Å². The zero-order valence-electron chi connectivity index (χ0n) is 9.10. The molecule has 0 bridgehead atoms. The van der Waals surface area contributed by atoms with Crippen molar-refractivity contribution in [3.8, 4) is 0 Å². The van der Waals surface area contributed by atoms with Gasteiger partial charge in [-0.3, -0.25) is 9.67 Å². The summed E-state index contributed by atoms with van der Waals surface area (Å²) in [7, 11) is 1.92. The molecule has 1 saturated heterocycles. The first kappa shape index (κ1) is 10.5. The summed E-state index contributed by atoms with van der Waals surface area (Å²) in [5.74, 6) is 1.16. The van der Waals surface area contributed by atoms with Gasteiger partial charge < -0.3 is 5.32 Å². The first-order valence-electron chi connectivity index (χ1n) is 5.16. The van der Waals surface area contributed by atoms with Gasteiger partial charge in [0.2, 0.25) is 0 Å². The number of hydrogen-bond acceptors (Lipinski definition) is 3. The molecule has 0 radical (unpaired) electrons. The molecular formula is C10H16N4S. The van der Waals surface area contributed by atoms with E-state index in [1.807, 2.05) is 19.3 Å². The Morgan fingerprint density at radius 1 is 1.73 bits per heavy atom. The van der Waals surface area contributed by atoms with Gasteiger partial charge in [0.15, 0.2) is 5.17 Å². The minimum Gasteiger partial charge on any atom is -0.362 e. The highest BCUT2D eigenvalue weighted by Gasteiger charge is 2.12. The van der Waals surface area contributed by atoms with Gasteiger partial charge in [-0.1, -0.05) is 11.8 Å². The highest BCUT2D eigenvalue weighted by Crippen LogP contribution is 2.14. The van der Waals surface area contributed by atoms with Crippen molar-refractivity contribution in [2.24, 2.45) is 12.0 Å². The number of aliphatic imine (C=N–C) groups is 1. The summed E-state index contributed by atoms with van der Waals surface area (Å²) in [4.78, 5) is 4.51. The van der Waals surface area contributed by atoms with E-state index in [2.05, 4.69) is 22.3 Å². The SMILES string of the molecule is CC1CCSC(=NCc2ccn(C)n2)N1. The molecule has 4 nitrogen and oxygen atoms in total. The standard InChI is InChI=1S/C10H16N4S/c1-8-4-6-15-10(12-8)11-7-9-3-5-14(2)13-9/h3,5,8H,4,6-7H2,1-2H3,(H,11,12). The van der Waals surface area contributed by atoms with Crippen LogP contribution in [0.2, 0.25) is 0 Å². The van der Waals surface area contributed by atoms with Gasteiger partial charge in [0.05, 0.1) is 12.2 Å². The molecule has 0 amide bonds. The second-order valence-electron chi connectivity index (χ2n) is 3.78. The first-order valence-corrected chi connectivity index (χ1v) is 6.15. The second-order valence-corrected chi connectivity index (χ2v) is 4.87. The van der Waals surface area contributed by atoms with E-state index in [1.54, 1.807) is 16.4 Å². The van der Waals surface area contributed by atoms with Gasteiger partial charge in [-0.25, -0.2) is 0 Å². The summed E-state index contributed by atoms with van der Waals surface area (Å²) >= 11 is 1.80.